The van der Waals surface area contributed by atoms with Gasteiger partial charge in [-0.3, -0.25) is 4.40 Å². The van der Waals surface area contributed by atoms with E-state index in [9.17, 15) is 0 Å². The normalized spacial score (nSPS) is 11.1. The second-order valence-corrected chi connectivity index (χ2v) is 4.75. The van der Waals surface area contributed by atoms with Gasteiger partial charge in [-0.1, -0.05) is 18.2 Å². The van der Waals surface area contributed by atoms with E-state index in [1.165, 1.54) is 22.4 Å². The molecular formula is C16H17N3. The zero-order valence-corrected chi connectivity index (χ0v) is 11.2. The first-order chi connectivity index (χ1) is 9.29. The van der Waals surface area contributed by atoms with E-state index < -0.39 is 0 Å². The topological polar surface area (TPSA) is 29.3 Å². The van der Waals surface area contributed by atoms with Crippen molar-refractivity contribution in [3.8, 4) is 11.3 Å². The molecule has 0 aliphatic carbocycles. The maximum absolute atomic E-state index is 4.34. The van der Waals surface area contributed by atoms with Crippen molar-refractivity contribution in [1.82, 2.24) is 14.7 Å². The van der Waals surface area contributed by atoms with Gasteiger partial charge in [0.15, 0.2) is 0 Å². The number of imidazole rings is 1. The third-order valence-electron chi connectivity index (χ3n) is 3.39. The molecule has 0 fully saturated rings. The van der Waals surface area contributed by atoms with E-state index in [1.54, 1.807) is 0 Å². The average molecular weight is 251 g/mol. The number of benzene rings is 1. The third kappa shape index (κ3) is 2.13. The number of fused-ring (bicyclic) bond motifs is 1. The van der Waals surface area contributed by atoms with E-state index in [2.05, 4.69) is 52.0 Å². The summed E-state index contributed by atoms with van der Waals surface area (Å²) in [5.74, 6) is 0. The molecule has 0 amide bonds. The van der Waals surface area contributed by atoms with E-state index in [0.29, 0.717) is 0 Å². The van der Waals surface area contributed by atoms with Crippen LogP contribution in [0.4, 0.5) is 0 Å². The highest BCUT2D eigenvalue weighted by atomic mass is 15.0. The monoisotopic (exact) mass is 251 g/mol. The summed E-state index contributed by atoms with van der Waals surface area (Å²) in [4.78, 5) is 4.34. The molecule has 3 aromatic rings. The van der Waals surface area contributed by atoms with E-state index in [4.69, 9.17) is 0 Å². The van der Waals surface area contributed by atoms with Crippen LogP contribution >= 0.6 is 0 Å². The number of hydrogen-bond acceptors (Lipinski definition) is 2. The molecule has 1 N–H and O–H groups in total. The summed E-state index contributed by atoms with van der Waals surface area (Å²) in [6, 6.07) is 12.8. The quantitative estimate of drug-likeness (QED) is 0.775. The highest BCUT2D eigenvalue weighted by Gasteiger charge is 2.07. The van der Waals surface area contributed by atoms with Crippen LogP contribution in [0.15, 0.2) is 48.8 Å². The van der Waals surface area contributed by atoms with Crippen molar-refractivity contribution in [3.05, 3.63) is 59.9 Å². The van der Waals surface area contributed by atoms with Gasteiger partial charge in [-0.2, -0.15) is 0 Å². The lowest BCUT2D eigenvalue weighted by atomic mass is 10.0. The molecule has 2 heterocycles. The first-order valence-electron chi connectivity index (χ1n) is 6.46. The predicted molar refractivity (Wildman–Crippen MR) is 78.1 cm³/mol. The van der Waals surface area contributed by atoms with Crippen LogP contribution in [0.2, 0.25) is 0 Å². The summed E-state index contributed by atoms with van der Waals surface area (Å²) < 4.78 is 2.13. The van der Waals surface area contributed by atoms with Crippen molar-refractivity contribution >= 4 is 5.65 Å². The van der Waals surface area contributed by atoms with E-state index in [1.807, 2.05) is 25.5 Å². The summed E-state index contributed by atoms with van der Waals surface area (Å²) in [7, 11) is 1.97. The maximum Gasteiger partial charge on any atom is 0.137 e. The SMILES string of the molecule is CNCc1ccc(C)c(-c2cccc3nccn23)c1. The number of aryl methyl sites for hydroxylation is 1. The van der Waals surface area contributed by atoms with Crippen molar-refractivity contribution in [3.63, 3.8) is 0 Å². The lowest BCUT2D eigenvalue weighted by molar-refractivity contribution is 0.818. The predicted octanol–water partition coefficient (Wildman–Crippen LogP) is 3.03. The molecule has 0 unspecified atom stereocenters. The zero-order chi connectivity index (χ0) is 13.2. The summed E-state index contributed by atoms with van der Waals surface area (Å²) in [6.07, 6.45) is 3.85. The van der Waals surface area contributed by atoms with Gasteiger partial charge in [0.1, 0.15) is 5.65 Å². The second-order valence-electron chi connectivity index (χ2n) is 4.75. The Morgan fingerprint density at radius 2 is 2.11 bits per heavy atom. The molecule has 3 nitrogen and oxygen atoms in total. The molecule has 96 valence electrons. The molecule has 0 radical (unpaired) electrons. The largest absolute Gasteiger partial charge is 0.316 e. The molecule has 0 spiro atoms. The van der Waals surface area contributed by atoms with Crippen LogP contribution in [0.25, 0.3) is 16.9 Å². The van der Waals surface area contributed by atoms with Crippen LogP contribution in [0.1, 0.15) is 11.1 Å². The van der Waals surface area contributed by atoms with Gasteiger partial charge >= 0.3 is 0 Å². The van der Waals surface area contributed by atoms with Crippen molar-refractivity contribution in [2.75, 3.05) is 7.05 Å². The van der Waals surface area contributed by atoms with Crippen LogP contribution < -0.4 is 5.32 Å². The lowest BCUT2D eigenvalue weighted by Gasteiger charge is -2.11. The minimum atomic E-state index is 0.882. The van der Waals surface area contributed by atoms with Gasteiger partial charge in [0.25, 0.3) is 0 Å². The number of hydrogen-bond donors (Lipinski definition) is 1. The van der Waals surface area contributed by atoms with E-state index in [0.717, 1.165) is 12.2 Å². The zero-order valence-electron chi connectivity index (χ0n) is 11.2. The number of nitrogens with one attached hydrogen (secondary N) is 1. The summed E-state index contributed by atoms with van der Waals surface area (Å²) in [5.41, 5.74) is 6.00. The Morgan fingerprint density at radius 1 is 1.21 bits per heavy atom. The van der Waals surface area contributed by atoms with Crippen LogP contribution in [0.5, 0.6) is 0 Å². The number of pyridine rings is 1. The first kappa shape index (κ1) is 11.9. The molecule has 3 heteroatoms. The summed E-state index contributed by atoms with van der Waals surface area (Å²) >= 11 is 0. The fraction of sp³-hybridized carbons (Fsp3) is 0.188. The van der Waals surface area contributed by atoms with E-state index >= 15 is 0 Å². The van der Waals surface area contributed by atoms with Gasteiger partial charge in [0.05, 0.1) is 5.69 Å². The first-order valence-corrected chi connectivity index (χ1v) is 6.46. The molecule has 0 saturated carbocycles. The maximum atomic E-state index is 4.34. The van der Waals surface area contributed by atoms with Crippen molar-refractivity contribution < 1.29 is 0 Å². The van der Waals surface area contributed by atoms with Gasteiger partial charge in [-0.05, 0) is 43.3 Å². The minimum Gasteiger partial charge on any atom is -0.316 e. The van der Waals surface area contributed by atoms with Gasteiger partial charge in [-0.15, -0.1) is 0 Å². The molecule has 0 atom stereocenters. The van der Waals surface area contributed by atoms with Gasteiger partial charge in [0, 0.05) is 24.5 Å². The Bertz CT molecular complexity index is 713. The van der Waals surface area contributed by atoms with E-state index in [-0.39, 0.29) is 0 Å². The highest BCUT2D eigenvalue weighted by molar-refractivity contribution is 5.67. The Morgan fingerprint density at radius 3 is 2.95 bits per heavy atom. The molecule has 0 saturated heterocycles. The Labute approximate surface area is 112 Å². The van der Waals surface area contributed by atoms with Crippen molar-refractivity contribution in [1.29, 1.82) is 0 Å². The molecule has 0 aliphatic heterocycles. The number of rotatable bonds is 3. The Kier molecular flexibility index (Phi) is 3.05. The van der Waals surface area contributed by atoms with Crippen molar-refractivity contribution in [2.45, 2.75) is 13.5 Å². The van der Waals surface area contributed by atoms with Crippen molar-refractivity contribution in [2.24, 2.45) is 0 Å². The minimum absolute atomic E-state index is 0.882. The average Bonchev–Trinajstić information content (AvgIpc) is 2.89. The molecule has 0 bridgehead atoms. The number of nitrogens with zero attached hydrogens (tertiary/aromatic N) is 2. The molecule has 1 aromatic carbocycles. The molecule has 3 rings (SSSR count). The fourth-order valence-electron chi connectivity index (χ4n) is 2.43. The third-order valence-corrected chi connectivity index (χ3v) is 3.39. The molecule has 2 aromatic heterocycles. The second kappa shape index (κ2) is 4.86. The Hall–Kier alpha value is -2.13. The van der Waals surface area contributed by atoms with Gasteiger partial charge in [0.2, 0.25) is 0 Å². The lowest BCUT2D eigenvalue weighted by Crippen LogP contribution is -2.05. The van der Waals surface area contributed by atoms with Crippen LogP contribution in [-0.2, 0) is 6.54 Å². The Balaban J connectivity index is 2.20. The van der Waals surface area contributed by atoms with Gasteiger partial charge < -0.3 is 5.32 Å². The smallest absolute Gasteiger partial charge is 0.137 e. The molecule has 19 heavy (non-hydrogen) atoms. The van der Waals surface area contributed by atoms with Gasteiger partial charge in [-0.25, -0.2) is 4.98 Å². The summed E-state index contributed by atoms with van der Waals surface area (Å²) in [6.45, 7) is 3.03. The van der Waals surface area contributed by atoms with Crippen LogP contribution in [-0.4, -0.2) is 16.4 Å². The standard InChI is InChI=1S/C16H17N3/c1-12-6-7-13(11-17-2)10-14(12)15-4-3-5-16-18-8-9-19(15)16/h3-10,17H,11H2,1-2H3. The highest BCUT2D eigenvalue weighted by Crippen LogP contribution is 2.25. The number of aromatic nitrogens is 2. The summed E-state index contributed by atoms with van der Waals surface area (Å²) in [5, 5.41) is 3.20. The molecule has 0 aliphatic rings. The van der Waals surface area contributed by atoms with Crippen LogP contribution in [0, 0.1) is 6.92 Å². The fourth-order valence-corrected chi connectivity index (χ4v) is 2.43. The van der Waals surface area contributed by atoms with Crippen LogP contribution in [0.3, 0.4) is 0 Å². The molecular weight excluding hydrogens is 234 g/mol.